The van der Waals surface area contributed by atoms with Gasteiger partial charge in [0.2, 0.25) is 0 Å². The van der Waals surface area contributed by atoms with Crippen molar-refractivity contribution in [3.8, 4) is 33.4 Å². The van der Waals surface area contributed by atoms with Gasteiger partial charge in [-0.2, -0.15) is 0 Å². The van der Waals surface area contributed by atoms with Gasteiger partial charge < -0.3 is 31.1 Å². The van der Waals surface area contributed by atoms with Crippen LogP contribution >= 0.6 is 70.3 Å². The molecular weight excluding hydrogens is 1100 g/mol. The van der Waals surface area contributed by atoms with Crippen molar-refractivity contribution in [1.29, 1.82) is 0 Å². The predicted octanol–water partition coefficient (Wildman–Crippen LogP) is 14.7. The highest BCUT2D eigenvalue weighted by Crippen LogP contribution is 2.42. The third-order valence-corrected chi connectivity index (χ3v) is 17.4. The third-order valence-electron chi connectivity index (χ3n) is 13.6. The number of nitrogens with zero attached hydrogens (tertiary/aromatic N) is 2. The second-order valence-electron chi connectivity index (χ2n) is 21.4. The van der Waals surface area contributed by atoms with E-state index in [4.69, 9.17) is 46.4 Å². The van der Waals surface area contributed by atoms with Crippen molar-refractivity contribution in [3.05, 3.63) is 164 Å². The number of hydrogen-bond donors (Lipinski definition) is 6. The molecular formula is C62H74Cl4N4O6S2. The zero-order valence-electron chi connectivity index (χ0n) is 45.4. The van der Waals surface area contributed by atoms with Crippen LogP contribution in [0.5, 0.6) is 0 Å². The van der Waals surface area contributed by atoms with Crippen molar-refractivity contribution in [3.63, 3.8) is 0 Å². The van der Waals surface area contributed by atoms with E-state index in [1.54, 1.807) is 0 Å². The molecule has 78 heavy (non-hydrogen) atoms. The number of carboxylic acid groups (broad SMARTS) is 2. The van der Waals surface area contributed by atoms with E-state index in [0.29, 0.717) is 68.9 Å². The second-order valence-corrected chi connectivity index (χ2v) is 25.5. The Hall–Kier alpha value is -4.12. The minimum absolute atomic E-state index is 0.00874. The number of rotatable bonds is 31. The summed E-state index contributed by atoms with van der Waals surface area (Å²) in [6.07, 6.45) is 5.11. The number of aliphatic carboxylic acids is 2. The van der Waals surface area contributed by atoms with Crippen LogP contribution in [0.1, 0.15) is 88.5 Å². The Morgan fingerprint density at radius 2 is 0.949 bits per heavy atom. The molecule has 0 aliphatic heterocycles. The third kappa shape index (κ3) is 20.5. The van der Waals surface area contributed by atoms with Crippen LogP contribution in [0.3, 0.4) is 0 Å². The van der Waals surface area contributed by atoms with Crippen LogP contribution in [-0.4, -0.2) is 105 Å². The first kappa shape index (κ1) is 63.1. The van der Waals surface area contributed by atoms with E-state index in [1.807, 2.05) is 83.4 Å². The summed E-state index contributed by atoms with van der Waals surface area (Å²) in [5.41, 5.74) is 9.25. The minimum atomic E-state index is -0.868. The quantitative estimate of drug-likeness (QED) is 0.0231. The Morgan fingerprint density at radius 3 is 1.49 bits per heavy atom. The normalized spacial score (nSPS) is 12.8. The van der Waals surface area contributed by atoms with Gasteiger partial charge in [0.05, 0.1) is 42.1 Å². The summed E-state index contributed by atoms with van der Waals surface area (Å²) in [5.74, 6) is -1.73. The summed E-state index contributed by atoms with van der Waals surface area (Å²) >= 11 is 30.3. The van der Waals surface area contributed by atoms with Gasteiger partial charge in [0.15, 0.2) is 0 Å². The molecule has 6 rings (SSSR count). The molecule has 0 spiro atoms. The standard InChI is InChI=1S/C62H74Cl4N4O6S2/c1-61(2,27-13-18-41-15-8-7-9-16-41)67-37-50(71)39-69(5)77-59-53(63)33-48(34-54(59)64)47-31-43(23-25-57(73)74)30-46(32-47)45-21-12-17-42(29-45)19-14-28-62(3,4)68-38-51(72)40-70(6)78-60-55(65)35-49(36-56(60)66)52-22-11-10-20-44(52)24-26-58(75)76/h7-12,15-17,20-22,29-36,50-51,67-68,71-72H,13-14,18-19,23-28,37-40H2,1-6H3,(H,73,74)(H,75,76)/t50-,51-/m1/s1. The van der Waals surface area contributed by atoms with E-state index in [2.05, 4.69) is 99.0 Å². The number of carbonyl (C=O) groups is 2. The highest BCUT2D eigenvalue weighted by Gasteiger charge is 2.23. The fourth-order valence-electron chi connectivity index (χ4n) is 9.39. The lowest BCUT2D eigenvalue weighted by Crippen LogP contribution is -2.45. The summed E-state index contributed by atoms with van der Waals surface area (Å²) < 4.78 is 3.85. The number of benzene rings is 6. The van der Waals surface area contributed by atoms with Crippen molar-refractivity contribution in [1.82, 2.24) is 19.2 Å². The molecule has 6 aromatic rings. The first-order valence-corrected chi connectivity index (χ1v) is 29.5. The predicted molar refractivity (Wildman–Crippen MR) is 327 cm³/mol. The fourth-order valence-corrected chi connectivity index (χ4v) is 12.5. The molecule has 0 unspecified atom stereocenters. The fraction of sp³-hybridized carbons (Fsp3) is 0.387. The SMILES string of the molecule is CN(C[C@H](O)CNC(C)(C)CCCc1ccccc1)Sc1c(Cl)cc(-c2cc(CCC(=O)O)cc(-c3cccc(CCCC(C)(C)NC[C@@H](O)CN(C)Sc4c(Cl)cc(-c5ccccc5CCC(=O)O)cc4Cl)c3)c2)cc1Cl. The number of likely N-dealkylation sites (N-methyl/N-ethyl adjacent to an activating group) is 2. The van der Waals surface area contributed by atoms with Crippen molar-refractivity contribution in [2.45, 2.75) is 125 Å². The summed E-state index contributed by atoms with van der Waals surface area (Å²) in [6.45, 7) is 10.2. The van der Waals surface area contributed by atoms with Crippen molar-refractivity contribution < 1.29 is 30.0 Å². The van der Waals surface area contributed by atoms with Crippen molar-refractivity contribution in [2.24, 2.45) is 0 Å². The average molecular weight is 1180 g/mol. The van der Waals surface area contributed by atoms with Crippen LogP contribution in [0.25, 0.3) is 33.4 Å². The van der Waals surface area contributed by atoms with E-state index >= 15 is 0 Å². The van der Waals surface area contributed by atoms with Crippen LogP contribution in [0.4, 0.5) is 0 Å². The maximum atomic E-state index is 11.7. The summed E-state index contributed by atoms with van der Waals surface area (Å²) in [7, 11) is 3.79. The van der Waals surface area contributed by atoms with Gasteiger partial charge in [-0.1, -0.05) is 137 Å². The lowest BCUT2D eigenvalue weighted by atomic mass is 9.92. The molecule has 418 valence electrons. The maximum absolute atomic E-state index is 11.7. The van der Waals surface area contributed by atoms with E-state index in [0.717, 1.165) is 83.0 Å². The molecule has 0 amide bonds. The van der Waals surface area contributed by atoms with E-state index in [-0.39, 0.29) is 23.9 Å². The summed E-state index contributed by atoms with van der Waals surface area (Å²) in [5, 5.41) is 50.0. The molecule has 10 nitrogen and oxygen atoms in total. The van der Waals surface area contributed by atoms with Gasteiger partial charge in [-0.05, 0) is 203 Å². The van der Waals surface area contributed by atoms with Crippen LogP contribution < -0.4 is 10.6 Å². The van der Waals surface area contributed by atoms with E-state index < -0.39 is 24.1 Å². The molecule has 6 N–H and O–H groups in total. The number of nitrogens with one attached hydrogen (secondary N) is 2. The Balaban J connectivity index is 1.01. The smallest absolute Gasteiger partial charge is 0.303 e. The molecule has 0 saturated carbocycles. The monoisotopic (exact) mass is 1170 g/mol. The minimum Gasteiger partial charge on any atom is -0.481 e. The zero-order valence-corrected chi connectivity index (χ0v) is 50.1. The number of aliphatic hydroxyl groups is 2. The molecule has 0 aromatic heterocycles. The lowest BCUT2D eigenvalue weighted by molar-refractivity contribution is -0.138. The van der Waals surface area contributed by atoms with Gasteiger partial charge in [0.1, 0.15) is 0 Å². The van der Waals surface area contributed by atoms with Crippen molar-refractivity contribution in [2.75, 3.05) is 40.3 Å². The summed E-state index contributed by atoms with van der Waals surface area (Å²) in [4.78, 5) is 24.3. The maximum Gasteiger partial charge on any atom is 0.303 e. The van der Waals surface area contributed by atoms with Crippen molar-refractivity contribution >= 4 is 82.2 Å². The Labute approximate surface area is 490 Å². The number of β-amino-alcohol motifs (C(OH)–C–C–N with tert-alkyl or cyclic N) is 2. The highest BCUT2D eigenvalue weighted by atomic mass is 35.5. The molecule has 0 aliphatic rings. The van der Waals surface area contributed by atoms with E-state index in [1.165, 1.54) is 35.0 Å². The average Bonchev–Trinajstić information content (AvgIpc) is 3.48. The Bertz CT molecular complexity index is 2900. The van der Waals surface area contributed by atoms with Gasteiger partial charge >= 0.3 is 11.9 Å². The molecule has 16 heteroatoms. The van der Waals surface area contributed by atoms with Crippen LogP contribution in [-0.2, 0) is 35.3 Å². The number of aryl methyl sites for hydroxylation is 4. The van der Waals surface area contributed by atoms with Crippen LogP contribution in [0.2, 0.25) is 20.1 Å². The highest BCUT2D eigenvalue weighted by molar-refractivity contribution is 7.97. The Kier molecular flexibility index (Phi) is 24.3. The molecule has 0 aliphatic carbocycles. The lowest BCUT2D eigenvalue weighted by Gasteiger charge is -2.29. The summed E-state index contributed by atoms with van der Waals surface area (Å²) in [6, 6.07) is 40.2. The van der Waals surface area contributed by atoms with Gasteiger partial charge in [-0.3, -0.25) is 9.59 Å². The number of aliphatic hydroxyl groups excluding tert-OH is 2. The molecule has 0 saturated heterocycles. The molecule has 0 fully saturated rings. The van der Waals surface area contributed by atoms with Gasteiger partial charge in [0, 0.05) is 50.1 Å². The van der Waals surface area contributed by atoms with Crippen LogP contribution in [0.15, 0.2) is 131 Å². The van der Waals surface area contributed by atoms with E-state index in [9.17, 15) is 30.0 Å². The second kappa shape index (κ2) is 30.1. The molecule has 0 heterocycles. The first-order valence-electron chi connectivity index (χ1n) is 26.4. The first-order chi connectivity index (χ1) is 37.0. The molecule has 0 radical (unpaired) electrons. The molecule has 0 bridgehead atoms. The van der Waals surface area contributed by atoms with Gasteiger partial charge in [-0.25, -0.2) is 8.61 Å². The van der Waals surface area contributed by atoms with Crippen LogP contribution in [0, 0.1) is 0 Å². The number of halogens is 4. The zero-order chi connectivity index (χ0) is 56.6. The van der Waals surface area contributed by atoms with Gasteiger partial charge in [0.25, 0.3) is 0 Å². The molecule has 6 aromatic carbocycles. The largest absolute Gasteiger partial charge is 0.481 e. The van der Waals surface area contributed by atoms with Gasteiger partial charge in [-0.15, -0.1) is 0 Å². The topological polar surface area (TPSA) is 146 Å². The Morgan fingerprint density at radius 1 is 0.513 bits per heavy atom. The molecule has 2 atom stereocenters. The number of hydrogen-bond acceptors (Lipinski definition) is 10. The number of carboxylic acids is 2.